The molecule has 1 aliphatic carbocycles. The lowest BCUT2D eigenvalue weighted by atomic mass is 9.89. The molecular formula is C22H27N3O4S. The molecule has 1 aromatic heterocycles. The number of aromatic nitrogens is 2. The zero-order valence-corrected chi connectivity index (χ0v) is 18.5. The Balaban J connectivity index is 1.77. The van der Waals surface area contributed by atoms with Gasteiger partial charge in [0.1, 0.15) is 17.7 Å². The largest absolute Gasteiger partial charge is 0.489 e. The van der Waals surface area contributed by atoms with Crippen LogP contribution in [0.2, 0.25) is 0 Å². The molecule has 2 aromatic rings. The van der Waals surface area contributed by atoms with Gasteiger partial charge in [-0.15, -0.1) is 0 Å². The second-order valence-corrected chi connectivity index (χ2v) is 8.22. The van der Waals surface area contributed by atoms with Gasteiger partial charge in [-0.3, -0.25) is 10.1 Å². The van der Waals surface area contributed by atoms with Gasteiger partial charge in [-0.1, -0.05) is 30.3 Å². The van der Waals surface area contributed by atoms with Crippen LogP contribution in [-0.2, 0) is 25.6 Å². The van der Waals surface area contributed by atoms with Crippen LogP contribution in [-0.4, -0.2) is 40.7 Å². The zero-order valence-electron chi connectivity index (χ0n) is 17.7. The highest BCUT2D eigenvalue weighted by Gasteiger charge is 2.32. The minimum atomic E-state index is -0.698. The van der Waals surface area contributed by atoms with Crippen molar-refractivity contribution in [3.8, 4) is 0 Å². The summed E-state index contributed by atoms with van der Waals surface area (Å²) in [4.78, 5) is 17.1. The molecule has 8 heteroatoms. The fourth-order valence-corrected chi connectivity index (χ4v) is 3.72. The predicted octanol–water partition coefficient (Wildman–Crippen LogP) is 4.03. The highest BCUT2D eigenvalue weighted by molar-refractivity contribution is 7.09. The van der Waals surface area contributed by atoms with E-state index in [4.69, 9.17) is 14.2 Å². The highest BCUT2D eigenvalue weighted by Crippen LogP contribution is 2.32. The molecule has 1 amide bonds. The van der Waals surface area contributed by atoms with Crippen molar-refractivity contribution < 1.29 is 19.0 Å². The number of benzene rings is 1. The van der Waals surface area contributed by atoms with Crippen molar-refractivity contribution in [1.82, 2.24) is 9.36 Å². The summed E-state index contributed by atoms with van der Waals surface area (Å²) >= 11 is 1.15. The summed E-state index contributed by atoms with van der Waals surface area (Å²) in [5, 5.41) is 3.29. The van der Waals surface area contributed by atoms with Gasteiger partial charge >= 0.3 is 0 Å². The SMILES string of the molecule is COC[C@H](C)OC1=CC(C)(OCc2ccccc2)CC(C(=O)Nc2nc(C)ns2)=C1. The van der Waals surface area contributed by atoms with E-state index in [0.29, 0.717) is 41.9 Å². The molecule has 1 aliphatic rings. The van der Waals surface area contributed by atoms with Crippen molar-refractivity contribution >= 4 is 22.6 Å². The number of nitrogens with zero attached hydrogens (tertiary/aromatic N) is 2. The minimum absolute atomic E-state index is 0.163. The molecule has 0 fully saturated rings. The van der Waals surface area contributed by atoms with Crippen molar-refractivity contribution in [3.05, 3.63) is 65.2 Å². The number of nitrogens with one attached hydrogen (secondary N) is 1. The molecule has 1 heterocycles. The number of rotatable bonds is 9. The van der Waals surface area contributed by atoms with Gasteiger partial charge in [0, 0.05) is 30.6 Å². The predicted molar refractivity (Wildman–Crippen MR) is 116 cm³/mol. The topological polar surface area (TPSA) is 82.6 Å². The maximum absolute atomic E-state index is 12.9. The number of allylic oxidation sites excluding steroid dienone is 1. The van der Waals surface area contributed by atoms with Gasteiger partial charge < -0.3 is 14.2 Å². The van der Waals surface area contributed by atoms with Crippen LogP contribution in [0.25, 0.3) is 0 Å². The van der Waals surface area contributed by atoms with E-state index in [1.54, 1.807) is 20.1 Å². The minimum Gasteiger partial charge on any atom is -0.489 e. The lowest BCUT2D eigenvalue weighted by Crippen LogP contribution is -2.33. The Morgan fingerprint density at radius 1 is 1.33 bits per heavy atom. The summed E-state index contributed by atoms with van der Waals surface area (Å²) in [6.07, 6.45) is 3.93. The number of carbonyl (C=O) groups excluding carboxylic acids is 1. The van der Waals surface area contributed by atoms with Crippen LogP contribution in [0.3, 0.4) is 0 Å². The highest BCUT2D eigenvalue weighted by atomic mass is 32.1. The first-order chi connectivity index (χ1) is 14.4. The maximum atomic E-state index is 12.9. The number of amides is 1. The quantitative estimate of drug-likeness (QED) is 0.648. The Morgan fingerprint density at radius 2 is 2.10 bits per heavy atom. The monoisotopic (exact) mass is 429 g/mol. The number of methoxy groups -OCH3 is 1. The number of ether oxygens (including phenoxy) is 3. The van der Waals surface area contributed by atoms with Gasteiger partial charge in [0.05, 0.1) is 18.8 Å². The molecule has 0 bridgehead atoms. The van der Waals surface area contributed by atoms with Gasteiger partial charge in [0.25, 0.3) is 5.91 Å². The molecule has 1 aromatic carbocycles. The van der Waals surface area contributed by atoms with Gasteiger partial charge in [-0.05, 0) is 38.5 Å². The maximum Gasteiger partial charge on any atom is 0.253 e. The van der Waals surface area contributed by atoms with Crippen LogP contribution < -0.4 is 5.32 Å². The van der Waals surface area contributed by atoms with Crippen molar-refractivity contribution in [3.63, 3.8) is 0 Å². The van der Waals surface area contributed by atoms with Gasteiger partial charge in [0.2, 0.25) is 5.13 Å². The average Bonchev–Trinajstić information content (AvgIpc) is 3.11. The molecule has 0 saturated heterocycles. The van der Waals surface area contributed by atoms with Crippen LogP contribution in [0.5, 0.6) is 0 Å². The normalized spacial score (nSPS) is 19.6. The second kappa shape index (κ2) is 9.97. The molecule has 0 radical (unpaired) electrons. The standard InChI is InChI=1S/C22H27N3O4S/c1-15(13-27-4)29-19-10-18(20(26)24-21-23-16(2)25-30-21)11-22(3,12-19)28-14-17-8-6-5-7-9-17/h5-10,12,15H,11,13-14H2,1-4H3,(H,23,24,25,26)/t15-,22?/m0/s1. The zero-order chi connectivity index (χ0) is 21.6. The Morgan fingerprint density at radius 3 is 2.77 bits per heavy atom. The third-order valence-corrected chi connectivity index (χ3v) is 5.22. The first-order valence-corrected chi connectivity index (χ1v) is 10.5. The van der Waals surface area contributed by atoms with Gasteiger partial charge in [-0.25, -0.2) is 4.98 Å². The van der Waals surface area contributed by atoms with E-state index in [-0.39, 0.29) is 12.0 Å². The molecule has 1 N–H and O–H groups in total. The smallest absolute Gasteiger partial charge is 0.253 e. The molecule has 0 saturated carbocycles. The first-order valence-electron chi connectivity index (χ1n) is 9.75. The fraction of sp³-hybridized carbons (Fsp3) is 0.409. The fourth-order valence-electron chi connectivity index (χ4n) is 3.15. The molecule has 30 heavy (non-hydrogen) atoms. The Labute approximate surface area is 180 Å². The molecule has 0 spiro atoms. The first kappa shape index (κ1) is 22.1. The summed E-state index contributed by atoms with van der Waals surface area (Å²) in [5.41, 5.74) is 0.920. The van der Waals surface area contributed by atoms with Gasteiger partial charge in [0.15, 0.2) is 0 Å². The van der Waals surface area contributed by atoms with E-state index in [0.717, 1.165) is 17.1 Å². The molecule has 1 unspecified atom stereocenters. The van der Waals surface area contributed by atoms with Crippen molar-refractivity contribution in [2.75, 3.05) is 19.0 Å². The number of anilines is 1. The second-order valence-electron chi connectivity index (χ2n) is 7.46. The van der Waals surface area contributed by atoms with Gasteiger partial charge in [-0.2, -0.15) is 4.37 Å². The Bertz CT molecular complexity index is 925. The van der Waals surface area contributed by atoms with E-state index >= 15 is 0 Å². The van der Waals surface area contributed by atoms with Crippen molar-refractivity contribution in [2.45, 2.75) is 45.5 Å². The number of aryl methyl sites for hydroxylation is 1. The van der Waals surface area contributed by atoms with Crippen LogP contribution in [0.1, 0.15) is 31.7 Å². The molecule has 7 nitrogen and oxygen atoms in total. The van der Waals surface area contributed by atoms with E-state index in [2.05, 4.69) is 14.7 Å². The lowest BCUT2D eigenvalue weighted by Gasteiger charge is -2.32. The molecule has 2 atom stereocenters. The lowest BCUT2D eigenvalue weighted by molar-refractivity contribution is -0.113. The third-order valence-electron chi connectivity index (χ3n) is 4.50. The van der Waals surface area contributed by atoms with Crippen LogP contribution in [0.15, 0.2) is 53.8 Å². The third kappa shape index (κ3) is 6.22. The van der Waals surface area contributed by atoms with Crippen LogP contribution >= 0.6 is 11.5 Å². The molecule has 0 aliphatic heterocycles. The molecular weight excluding hydrogens is 402 g/mol. The summed E-state index contributed by atoms with van der Waals surface area (Å²) in [6, 6.07) is 9.93. The van der Waals surface area contributed by atoms with E-state index < -0.39 is 5.60 Å². The Hall–Kier alpha value is -2.55. The Kier molecular flexibility index (Phi) is 7.36. The number of hydrogen-bond acceptors (Lipinski definition) is 7. The average molecular weight is 430 g/mol. The summed E-state index contributed by atoms with van der Waals surface area (Å²) in [5.74, 6) is 0.968. The summed E-state index contributed by atoms with van der Waals surface area (Å²) < 4.78 is 21.5. The van der Waals surface area contributed by atoms with Crippen LogP contribution in [0.4, 0.5) is 5.13 Å². The molecule has 3 rings (SSSR count). The van der Waals surface area contributed by atoms with Crippen molar-refractivity contribution in [2.24, 2.45) is 0 Å². The molecule has 160 valence electrons. The number of carbonyl (C=O) groups is 1. The van der Waals surface area contributed by atoms with E-state index in [1.165, 1.54) is 0 Å². The van der Waals surface area contributed by atoms with Crippen LogP contribution in [0, 0.1) is 6.92 Å². The van der Waals surface area contributed by atoms with Crippen molar-refractivity contribution in [1.29, 1.82) is 0 Å². The summed E-state index contributed by atoms with van der Waals surface area (Å²) in [7, 11) is 1.63. The summed E-state index contributed by atoms with van der Waals surface area (Å²) in [6.45, 7) is 6.53. The number of hydrogen-bond donors (Lipinski definition) is 1. The van der Waals surface area contributed by atoms with E-state index in [9.17, 15) is 4.79 Å². The van der Waals surface area contributed by atoms with E-state index in [1.807, 2.05) is 50.3 Å².